The second-order valence-electron chi connectivity index (χ2n) is 4.54. The first-order valence-corrected chi connectivity index (χ1v) is 5.87. The van der Waals surface area contributed by atoms with Crippen LogP contribution >= 0.6 is 0 Å². The summed E-state index contributed by atoms with van der Waals surface area (Å²) in [4.78, 5) is 24.8. The molecular weight excluding hydrogens is 242 g/mol. The molecule has 0 radical (unpaired) electrons. The molecule has 5 nitrogen and oxygen atoms in total. The largest absolute Gasteiger partial charge is 0.289 e. The number of nitrogens with zero attached hydrogens (tertiary/aromatic N) is 3. The summed E-state index contributed by atoms with van der Waals surface area (Å²) < 4.78 is 0. The molecule has 0 fully saturated rings. The lowest BCUT2D eigenvalue weighted by molar-refractivity contribution is 0.0976. The highest BCUT2D eigenvalue weighted by Gasteiger charge is 2.35. The van der Waals surface area contributed by atoms with E-state index in [9.17, 15) is 9.59 Å². The van der Waals surface area contributed by atoms with Crippen molar-refractivity contribution < 1.29 is 9.59 Å². The van der Waals surface area contributed by atoms with Gasteiger partial charge in [0.1, 0.15) is 5.70 Å². The summed E-state index contributed by atoms with van der Waals surface area (Å²) in [6, 6.07) is 6.88. The molecule has 0 aromatic heterocycles. The average Bonchev–Trinajstić information content (AvgIpc) is 2.90. The minimum Gasteiger partial charge on any atom is -0.289 e. The van der Waals surface area contributed by atoms with Crippen molar-refractivity contribution in [3.63, 3.8) is 0 Å². The van der Waals surface area contributed by atoms with E-state index in [1.807, 2.05) is 0 Å². The van der Waals surface area contributed by atoms with E-state index < -0.39 is 0 Å². The van der Waals surface area contributed by atoms with Crippen LogP contribution < -0.4 is 0 Å². The molecular formula is C14H7N3O2. The van der Waals surface area contributed by atoms with E-state index in [0.717, 1.165) is 0 Å². The van der Waals surface area contributed by atoms with Gasteiger partial charge in [0.2, 0.25) is 0 Å². The fourth-order valence-corrected chi connectivity index (χ4v) is 2.55. The van der Waals surface area contributed by atoms with Gasteiger partial charge in [-0.05, 0) is 11.3 Å². The van der Waals surface area contributed by atoms with E-state index in [1.165, 1.54) is 0 Å². The van der Waals surface area contributed by atoms with Crippen molar-refractivity contribution in [1.29, 1.82) is 0 Å². The molecule has 5 heteroatoms. The molecule has 1 aliphatic heterocycles. The van der Waals surface area contributed by atoms with Crippen LogP contribution in [0.1, 0.15) is 27.1 Å². The van der Waals surface area contributed by atoms with Crippen LogP contribution in [-0.4, -0.2) is 17.3 Å². The van der Waals surface area contributed by atoms with Gasteiger partial charge in [0, 0.05) is 28.7 Å². The molecule has 3 aliphatic rings. The molecule has 1 heterocycles. The predicted octanol–water partition coefficient (Wildman–Crippen LogP) is 2.47. The molecule has 4 rings (SSSR count). The molecule has 1 aromatic carbocycles. The van der Waals surface area contributed by atoms with Crippen molar-refractivity contribution in [1.82, 2.24) is 0 Å². The summed E-state index contributed by atoms with van der Waals surface area (Å²) in [5.74, 6) is -0.228. The number of Topliss-reactive ketones (excluding diaryl/α,β-unsaturated/α-hetero) is 2. The minimum absolute atomic E-state index is 0.102. The Morgan fingerprint density at radius 3 is 2.53 bits per heavy atom. The average molecular weight is 249 g/mol. The van der Waals surface area contributed by atoms with Gasteiger partial charge in [-0.1, -0.05) is 24.3 Å². The molecule has 1 aromatic rings. The smallest absolute Gasteiger partial charge is 0.194 e. The van der Waals surface area contributed by atoms with Gasteiger partial charge in [0.05, 0.1) is 5.71 Å². The van der Waals surface area contributed by atoms with E-state index in [-0.39, 0.29) is 11.6 Å². The first kappa shape index (κ1) is 10.3. The lowest BCUT2D eigenvalue weighted by atomic mass is 9.79. The van der Waals surface area contributed by atoms with Crippen LogP contribution in [0.3, 0.4) is 0 Å². The SMILES string of the molecule is O=C1C2=C(CC3=NN=NC3=C2)C(=O)c2ccccc21. The van der Waals surface area contributed by atoms with E-state index >= 15 is 0 Å². The van der Waals surface area contributed by atoms with Crippen molar-refractivity contribution in [2.45, 2.75) is 6.42 Å². The van der Waals surface area contributed by atoms with Gasteiger partial charge in [0.15, 0.2) is 11.6 Å². The maximum atomic E-state index is 12.4. The Hall–Kier alpha value is -2.69. The topological polar surface area (TPSA) is 71.2 Å². The number of fused-ring (bicyclic) bond motifs is 2. The number of carbonyl (C=O) groups excluding carboxylic acids is 2. The molecule has 90 valence electrons. The molecule has 0 N–H and O–H groups in total. The summed E-state index contributed by atoms with van der Waals surface area (Å²) in [5, 5.41) is 11.3. The number of carbonyl (C=O) groups is 2. The zero-order valence-electron chi connectivity index (χ0n) is 9.75. The van der Waals surface area contributed by atoms with Crippen LogP contribution in [0.5, 0.6) is 0 Å². The Kier molecular flexibility index (Phi) is 1.84. The Balaban J connectivity index is 1.96. The van der Waals surface area contributed by atoms with Crippen molar-refractivity contribution in [2.24, 2.45) is 15.4 Å². The van der Waals surface area contributed by atoms with Crippen molar-refractivity contribution in [3.05, 3.63) is 58.3 Å². The summed E-state index contributed by atoms with van der Waals surface area (Å²) in [6.45, 7) is 0. The molecule has 19 heavy (non-hydrogen) atoms. The highest BCUT2D eigenvalue weighted by Crippen LogP contribution is 2.34. The van der Waals surface area contributed by atoms with Crippen LogP contribution in [0.25, 0.3) is 0 Å². The number of benzene rings is 1. The van der Waals surface area contributed by atoms with Gasteiger partial charge in [-0.25, -0.2) is 0 Å². The molecule has 0 saturated heterocycles. The van der Waals surface area contributed by atoms with E-state index in [4.69, 9.17) is 0 Å². The van der Waals surface area contributed by atoms with E-state index in [0.29, 0.717) is 40.1 Å². The quantitative estimate of drug-likeness (QED) is 0.708. The molecule has 0 bridgehead atoms. The number of ketones is 2. The third kappa shape index (κ3) is 1.26. The van der Waals surface area contributed by atoms with Gasteiger partial charge in [0.25, 0.3) is 0 Å². The molecule has 2 aliphatic carbocycles. The monoisotopic (exact) mass is 249 g/mol. The molecule has 0 atom stereocenters. The number of rotatable bonds is 0. The highest BCUT2D eigenvalue weighted by molar-refractivity contribution is 6.31. The van der Waals surface area contributed by atoms with Crippen molar-refractivity contribution in [2.75, 3.05) is 0 Å². The molecule has 0 amide bonds. The molecule has 0 spiro atoms. The predicted molar refractivity (Wildman–Crippen MR) is 67.1 cm³/mol. The highest BCUT2D eigenvalue weighted by atomic mass is 16.1. The fourth-order valence-electron chi connectivity index (χ4n) is 2.55. The minimum atomic E-state index is -0.126. The lowest BCUT2D eigenvalue weighted by Crippen LogP contribution is -2.25. The molecule has 0 unspecified atom stereocenters. The standard InChI is InChI=1S/C14H7N3O2/c18-13-7-3-1-2-4-8(7)14(19)10-6-12-11(5-9(10)13)15-17-16-12/h1-5H,6H2. The number of hydrogen-bond donors (Lipinski definition) is 0. The van der Waals surface area contributed by atoms with Gasteiger partial charge in [-0.3, -0.25) is 9.59 Å². The zero-order chi connectivity index (χ0) is 13.0. The van der Waals surface area contributed by atoms with Crippen LogP contribution in [0, 0.1) is 0 Å². The number of hydrogen-bond acceptors (Lipinski definition) is 5. The zero-order valence-corrected chi connectivity index (χ0v) is 9.75. The molecule has 0 saturated carbocycles. The first-order valence-electron chi connectivity index (χ1n) is 5.87. The fraction of sp³-hybridized carbons (Fsp3) is 0.0714. The summed E-state index contributed by atoms with van der Waals surface area (Å²) >= 11 is 0. The Morgan fingerprint density at radius 1 is 1.00 bits per heavy atom. The second kappa shape index (κ2) is 3.41. The maximum absolute atomic E-state index is 12.4. The second-order valence-corrected chi connectivity index (χ2v) is 4.54. The first-order chi connectivity index (χ1) is 9.25. The third-order valence-corrected chi connectivity index (χ3v) is 3.50. The Labute approximate surface area is 108 Å². The number of allylic oxidation sites excluding steroid dienone is 4. The van der Waals surface area contributed by atoms with Crippen LogP contribution in [0.4, 0.5) is 0 Å². The summed E-state index contributed by atoms with van der Waals surface area (Å²) in [6.07, 6.45) is 1.94. The van der Waals surface area contributed by atoms with Crippen molar-refractivity contribution >= 4 is 17.3 Å². The van der Waals surface area contributed by atoms with Crippen LogP contribution in [0.15, 0.2) is 62.6 Å². The van der Waals surface area contributed by atoms with Crippen LogP contribution in [-0.2, 0) is 0 Å². The normalized spacial score (nSPS) is 19.8. The van der Waals surface area contributed by atoms with E-state index in [2.05, 4.69) is 15.4 Å². The Bertz CT molecular complexity index is 782. The van der Waals surface area contributed by atoms with E-state index in [1.54, 1.807) is 30.3 Å². The lowest BCUT2D eigenvalue weighted by Gasteiger charge is -2.22. The summed E-state index contributed by atoms with van der Waals surface area (Å²) in [7, 11) is 0. The van der Waals surface area contributed by atoms with Gasteiger partial charge >= 0.3 is 0 Å². The van der Waals surface area contributed by atoms with Gasteiger partial charge in [-0.2, -0.15) is 0 Å². The Morgan fingerprint density at radius 2 is 1.74 bits per heavy atom. The third-order valence-electron chi connectivity index (χ3n) is 3.50. The summed E-state index contributed by atoms with van der Waals surface area (Å²) in [5.41, 5.74) is 3.09. The van der Waals surface area contributed by atoms with Gasteiger partial charge < -0.3 is 0 Å². The van der Waals surface area contributed by atoms with Crippen molar-refractivity contribution in [3.8, 4) is 0 Å². The van der Waals surface area contributed by atoms with Gasteiger partial charge in [-0.15, -0.1) is 10.2 Å². The maximum Gasteiger partial charge on any atom is 0.194 e. The van der Waals surface area contributed by atoms with Crippen LogP contribution in [0.2, 0.25) is 0 Å².